The normalized spacial score (nSPS) is 15.6. The van der Waals surface area contributed by atoms with Crippen LogP contribution in [0.2, 0.25) is 0 Å². The number of aliphatic hydroxyl groups is 1. The Hall–Kier alpha value is -0.900. The first-order valence-electron chi connectivity index (χ1n) is 8.22. The zero-order valence-electron chi connectivity index (χ0n) is 13.6. The van der Waals surface area contributed by atoms with Crippen molar-refractivity contribution in [3.8, 4) is 0 Å². The summed E-state index contributed by atoms with van der Waals surface area (Å²) in [6.07, 6.45) is 6.93. The maximum Gasteiger partial charge on any atom is 0.104 e. The Labute approximate surface area is 129 Å². The molecular weight excluding hydrogens is 262 g/mol. The first-order valence-corrected chi connectivity index (χ1v) is 8.22. The van der Waals surface area contributed by atoms with Crippen molar-refractivity contribution < 1.29 is 9.84 Å². The van der Waals surface area contributed by atoms with E-state index in [4.69, 9.17) is 10.5 Å². The van der Waals surface area contributed by atoms with E-state index in [0.29, 0.717) is 13.0 Å². The van der Waals surface area contributed by atoms with Crippen molar-refractivity contribution in [2.24, 2.45) is 5.73 Å². The van der Waals surface area contributed by atoms with Gasteiger partial charge in [0.2, 0.25) is 0 Å². The Balaban J connectivity index is 2.32. The van der Waals surface area contributed by atoms with Crippen LogP contribution in [0.25, 0.3) is 0 Å². The standard InChI is InChI=1S/C18H31NO2/c1-3-4-5-7-10-16(2)21-14-13-18(20,15-19)17-11-8-6-9-12-17/h6,8-9,11-12,16,20H,3-5,7,10,13-15,19H2,1-2H3. The summed E-state index contributed by atoms with van der Waals surface area (Å²) in [5.41, 5.74) is 5.65. The summed E-state index contributed by atoms with van der Waals surface area (Å²) >= 11 is 0. The van der Waals surface area contributed by atoms with E-state index in [0.717, 1.165) is 12.0 Å². The number of nitrogens with two attached hydrogens (primary N) is 1. The van der Waals surface area contributed by atoms with Crippen LogP contribution in [0.1, 0.15) is 57.9 Å². The second kappa shape index (κ2) is 9.93. The molecule has 0 amide bonds. The average molecular weight is 293 g/mol. The highest BCUT2D eigenvalue weighted by Gasteiger charge is 2.27. The lowest BCUT2D eigenvalue weighted by atomic mass is 9.91. The third-order valence-electron chi connectivity index (χ3n) is 4.03. The molecule has 2 unspecified atom stereocenters. The van der Waals surface area contributed by atoms with Gasteiger partial charge in [-0.1, -0.05) is 62.9 Å². The van der Waals surface area contributed by atoms with Gasteiger partial charge in [0.05, 0.1) is 12.7 Å². The van der Waals surface area contributed by atoms with Gasteiger partial charge in [0.1, 0.15) is 5.60 Å². The van der Waals surface area contributed by atoms with Gasteiger partial charge in [0.25, 0.3) is 0 Å². The lowest BCUT2D eigenvalue weighted by molar-refractivity contribution is -0.0170. The third-order valence-corrected chi connectivity index (χ3v) is 4.03. The van der Waals surface area contributed by atoms with Gasteiger partial charge in [-0.25, -0.2) is 0 Å². The van der Waals surface area contributed by atoms with Crippen LogP contribution in [-0.2, 0) is 10.3 Å². The lowest BCUT2D eigenvalue weighted by Gasteiger charge is -2.27. The van der Waals surface area contributed by atoms with Crippen molar-refractivity contribution in [3.63, 3.8) is 0 Å². The molecule has 3 N–H and O–H groups in total. The monoisotopic (exact) mass is 293 g/mol. The molecule has 0 aliphatic heterocycles. The number of ether oxygens (including phenoxy) is 1. The first kappa shape index (κ1) is 18.1. The van der Waals surface area contributed by atoms with E-state index in [-0.39, 0.29) is 12.6 Å². The molecule has 21 heavy (non-hydrogen) atoms. The fourth-order valence-corrected chi connectivity index (χ4v) is 2.48. The molecular formula is C18H31NO2. The molecule has 0 bridgehead atoms. The Morgan fingerprint density at radius 1 is 1.19 bits per heavy atom. The van der Waals surface area contributed by atoms with Crippen molar-refractivity contribution in [3.05, 3.63) is 35.9 Å². The molecule has 1 aromatic rings. The zero-order chi connectivity index (χ0) is 15.6. The lowest BCUT2D eigenvalue weighted by Crippen LogP contribution is -2.36. The minimum Gasteiger partial charge on any atom is -0.384 e. The molecule has 120 valence electrons. The summed E-state index contributed by atoms with van der Waals surface area (Å²) in [4.78, 5) is 0. The Morgan fingerprint density at radius 3 is 2.52 bits per heavy atom. The van der Waals surface area contributed by atoms with E-state index in [2.05, 4.69) is 13.8 Å². The van der Waals surface area contributed by atoms with Crippen molar-refractivity contribution in [1.82, 2.24) is 0 Å². The quantitative estimate of drug-likeness (QED) is 0.613. The number of hydrogen-bond donors (Lipinski definition) is 2. The molecule has 3 nitrogen and oxygen atoms in total. The maximum absolute atomic E-state index is 10.6. The zero-order valence-corrected chi connectivity index (χ0v) is 13.6. The Morgan fingerprint density at radius 2 is 1.90 bits per heavy atom. The average Bonchev–Trinajstić information content (AvgIpc) is 2.52. The van der Waals surface area contributed by atoms with Crippen LogP contribution < -0.4 is 5.73 Å². The van der Waals surface area contributed by atoms with Gasteiger partial charge >= 0.3 is 0 Å². The Kier molecular flexibility index (Phi) is 8.58. The van der Waals surface area contributed by atoms with Crippen molar-refractivity contribution in [1.29, 1.82) is 0 Å². The van der Waals surface area contributed by atoms with Crippen LogP contribution >= 0.6 is 0 Å². The number of hydrogen-bond acceptors (Lipinski definition) is 3. The highest BCUT2D eigenvalue weighted by molar-refractivity contribution is 5.22. The molecule has 0 heterocycles. The van der Waals surface area contributed by atoms with E-state index in [1.165, 1.54) is 25.7 Å². The van der Waals surface area contributed by atoms with E-state index in [1.54, 1.807) is 0 Å². The van der Waals surface area contributed by atoms with Crippen LogP contribution in [0.15, 0.2) is 30.3 Å². The van der Waals surface area contributed by atoms with E-state index in [9.17, 15) is 5.11 Å². The van der Waals surface area contributed by atoms with Crippen molar-refractivity contribution in [2.75, 3.05) is 13.2 Å². The van der Waals surface area contributed by atoms with Gasteiger partial charge in [-0.2, -0.15) is 0 Å². The predicted molar refractivity (Wildman–Crippen MR) is 88.2 cm³/mol. The molecule has 1 aromatic carbocycles. The molecule has 0 saturated heterocycles. The predicted octanol–water partition coefficient (Wildman–Crippen LogP) is 3.60. The van der Waals surface area contributed by atoms with Crippen molar-refractivity contribution in [2.45, 2.75) is 64.1 Å². The van der Waals surface area contributed by atoms with Gasteiger partial charge in [0, 0.05) is 13.0 Å². The van der Waals surface area contributed by atoms with Crippen LogP contribution in [0.5, 0.6) is 0 Å². The largest absolute Gasteiger partial charge is 0.384 e. The minimum absolute atomic E-state index is 0.214. The molecule has 0 saturated carbocycles. The summed E-state index contributed by atoms with van der Waals surface area (Å²) in [6, 6.07) is 9.62. The smallest absolute Gasteiger partial charge is 0.104 e. The SMILES string of the molecule is CCCCCCC(C)OCCC(O)(CN)c1ccccc1. The van der Waals surface area contributed by atoms with E-state index >= 15 is 0 Å². The Bertz CT molecular complexity index is 369. The van der Waals surface area contributed by atoms with Crippen LogP contribution in [-0.4, -0.2) is 24.4 Å². The van der Waals surface area contributed by atoms with Crippen LogP contribution in [0, 0.1) is 0 Å². The second-order valence-corrected chi connectivity index (χ2v) is 5.88. The van der Waals surface area contributed by atoms with Crippen molar-refractivity contribution >= 4 is 0 Å². The highest BCUT2D eigenvalue weighted by atomic mass is 16.5. The summed E-state index contributed by atoms with van der Waals surface area (Å²) in [7, 11) is 0. The molecule has 0 fully saturated rings. The molecule has 3 heteroatoms. The molecule has 0 aliphatic rings. The highest BCUT2D eigenvalue weighted by Crippen LogP contribution is 2.24. The van der Waals surface area contributed by atoms with Gasteiger partial charge in [-0.05, 0) is 18.9 Å². The number of unbranched alkanes of at least 4 members (excludes halogenated alkanes) is 3. The van der Waals surface area contributed by atoms with E-state index < -0.39 is 5.60 Å². The molecule has 0 radical (unpaired) electrons. The van der Waals surface area contributed by atoms with Gasteiger partial charge in [-0.3, -0.25) is 0 Å². The third kappa shape index (κ3) is 6.60. The molecule has 0 spiro atoms. The first-order chi connectivity index (χ1) is 10.1. The second-order valence-electron chi connectivity index (χ2n) is 5.88. The summed E-state index contributed by atoms with van der Waals surface area (Å²) in [5.74, 6) is 0. The topological polar surface area (TPSA) is 55.5 Å². The summed E-state index contributed by atoms with van der Waals surface area (Å²) < 4.78 is 5.83. The van der Waals surface area contributed by atoms with Crippen LogP contribution in [0.3, 0.4) is 0 Å². The van der Waals surface area contributed by atoms with Gasteiger partial charge in [-0.15, -0.1) is 0 Å². The molecule has 2 atom stereocenters. The fraction of sp³-hybridized carbons (Fsp3) is 0.667. The van der Waals surface area contributed by atoms with E-state index in [1.807, 2.05) is 30.3 Å². The maximum atomic E-state index is 10.6. The summed E-state index contributed by atoms with van der Waals surface area (Å²) in [6.45, 7) is 5.08. The number of rotatable bonds is 11. The fourth-order valence-electron chi connectivity index (χ4n) is 2.48. The van der Waals surface area contributed by atoms with Crippen LogP contribution in [0.4, 0.5) is 0 Å². The number of benzene rings is 1. The molecule has 0 aromatic heterocycles. The summed E-state index contributed by atoms with van der Waals surface area (Å²) in [5, 5.41) is 10.6. The molecule has 1 rings (SSSR count). The van der Waals surface area contributed by atoms with Gasteiger partial charge in [0.15, 0.2) is 0 Å². The minimum atomic E-state index is -0.983. The molecule has 0 aliphatic carbocycles. The van der Waals surface area contributed by atoms with Gasteiger partial charge < -0.3 is 15.6 Å².